The molecule has 1 rings (SSSR count). The average Bonchev–Trinajstić information content (AvgIpc) is 2.40. The quantitative estimate of drug-likeness (QED) is 0.601. The lowest BCUT2D eigenvalue weighted by Crippen LogP contribution is -2.01. The van der Waals surface area contributed by atoms with E-state index in [2.05, 4.69) is 11.1 Å². The minimum atomic E-state index is 0.716. The second-order valence-corrected chi connectivity index (χ2v) is 3.10. The van der Waals surface area contributed by atoms with Crippen molar-refractivity contribution in [2.45, 2.75) is 25.7 Å². The predicted octanol–water partition coefficient (Wildman–Crippen LogP) is 1.72. The van der Waals surface area contributed by atoms with Crippen LogP contribution in [-0.4, -0.2) is 13.3 Å². The van der Waals surface area contributed by atoms with E-state index in [0.29, 0.717) is 5.92 Å². The molecule has 0 atom stereocenters. The molecule has 1 aliphatic carbocycles. The predicted molar refractivity (Wildman–Crippen MR) is 48.6 cm³/mol. The minimum Gasteiger partial charge on any atom is -0.398 e. The molecular formula is C9H16N2. The van der Waals surface area contributed by atoms with E-state index in [9.17, 15) is 0 Å². The summed E-state index contributed by atoms with van der Waals surface area (Å²) in [6.45, 7) is 0. The van der Waals surface area contributed by atoms with E-state index < -0.39 is 0 Å². The molecule has 1 aliphatic rings. The van der Waals surface area contributed by atoms with E-state index in [1.165, 1.54) is 25.7 Å². The van der Waals surface area contributed by atoms with Crippen LogP contribution in [0.1, 0.15) is 25.7 Å². The zero-order valence-corrected chi connectivity index (χ0v) is 7.09. The molecule has 2 nitrogen and oxygen atoms in total. The van der Waals surface area contributed by atoms with Gasteiger partial charge in [-0.1, -0.05) is 18.9 Å². The van der Waals surface area contributed by atoms with Gasteiger partial charge in [0.15, 0.2) is 0 Å². The van der Waals surface area contributed by atoms with E-state index in [-0.39, 0.29) is 0 Å². The van der Waals surface area contributed by atoms with Crippen molar-refractivity contribution in [2.75, 3.05) is 7.05 Å². The molecule has 1 saturated carbocycles. The van der Waals surface area contributed by atoms with Crippen molar-refractivity contribution in [3.8, 4) is 0 Å². The van der Waals surface area contributed by atoms with Crippen LogP contribution in [0, 0.1) is 5.92 Å². The second-order valence-electron chi connectivity index (χ2n) is 3.10. The SMILES string of the molecule is C/N=C\C(N)=C/C1CCCC1. The first-order chi connectivity index (χ1) is 5.33. The molecule has 0 aromatic carbocycles. The lowest BCUT2D eigenvalue weighted by Gasteiger charge is -2.00. The van der Waals surface area contributed by atoms with Crippen molar-refractivity contribution in [2.24, 2.45) is 16.6 Å². The lowest BCUT2D eigenvalue weighted by molar-refractivity contribution is 0.682. The van der Waals surface area contributed by atoms with Gasteiger partial charge < -0.3 is 5.73 Å². The van der Waals surface area contributed by atoms with Gasteiger partial charge in [-0.2, -0.15) is 0 Å². The van der Waals surface area contributed by atoms with E-state index in [4.69, 9.17) is 5.73 Å². The maximum absolute atomic E-state index is 5.68. The summed E-state index contributed by atoms with van der Waals surface area (Å²) in [4.78, 5) is 3.86. The lowest BCUT2D eigenvalue weighted by atomic mass is 10.1. The monoisotopic (exact) mass is 152 g/mol. The van der Waals surface area contributed by atoms with Gasteiger partial charge in [-0.05, 0) is 18.8 Å². The Labute approximate surface area is 68.2 Å². The summed E-state index contributed by atoms with van der Waals surface area (Å²) >= 11 is 0. The maximum atomic E-state index is 5.68. The highest BCUT2D eigenvalue weighted by atomic mass is 14.7. The Morgan fingerprint density at radius 3 is 2.64 bits per heavy atom. The molecule has 0 aromatic rings. The fourth-order valence-corrected chi connectivity index (χ4v) is 1.59. The molecule has 11 heavy (non-hydrogen) atoms. The molecule has 2 heteroatoms. The highest BCUT2D eigenvalue weighted by molar-refractivity contribution is 5.76. The van der Waals surface area contributed by atoms with Crippen LogP contribution >= 0.6 is 0 Å². The highest BCUT2D eigenvalue weighted by Gasteiger charge is 2.11. The van der Waals surface area contributed by atoms with Crippen molar-refractivity contribution in [1.82, 2.24) is 0 Å². The Bertz CT molecular complexity index is 164. The summed E-state index contributed by atoms with van der Waals surface area (Å²) in [5, 5.41) is 0. The van der Waals surface area contributed by atoms with Gasteiger partial charge in [0.2, 0.25) is 0 Å². The highest BCUT2D eigenvalue weighted by Crippen LogP contribution is 2.25. The van der Waals surface area contributed by atoms with Gasteiger partial charge in [0.05, 0.1) is 0 Å². The largest absolute Gasteiger partial charge is 0.398 e. The van der Waals surface area contributed by atoms with Gasteiger partial charge in [-0.3, -0.25) is 4.99 Å². The third kappa shape index (κ3) is 2.74. The summed E-state index contributed by atoms with van der Waals surface area (Å²) in [6.07, 6.45) is 9.18. The number of hydrogen-bond donors (Lipinski definition) is 1. The minimum absolute atomic E-state index is 0.716. The third-order valence-electron chi connectivity index (χ3n) is 2.11. The Morgan fingerprint density at radius 1 is 1.45 bits per heavy atom. The van der Waals surface area contributed by atoms with Crippen molar-refractivity contribution in [1.29, 1.82) is 0 Å². The zero-order valence-electron chi connectivity index (χ0n) is 7.09. The van der Waals surface area contributed by atoms with E-state index in [1.807, 2.05) is 0 Å². The van der Waals surface area contributed by atoms with Crippen LogP contribution in [-0.2, 0) is 0 Å². The van der Waals surface area contributed by atoms with Crippen LogP contribution in [0.15, 0.2) is 16.8 Å². The smallest absolute Gasteiger partial charge is 0.0457 e. The van der Waals surface area contributed by atoms with Crippen molar-refractivity contribution >= 4 is 6.21 Å². The van der Waals surface area contributed by atoms with Crippen LogP contribution in [0.25, 0.3) is 0 Å². The van der Waals surface area contributed by atoms with Crippen LogP contribution in [0.2, 0.25) is 0 Å². The summed E-state index contributed by atoms with van der Waals surface area (Å²) in [5.74, 6) is 0.716. The third-order valence-corrected chi connectivity index (χ3v) is 2.11. The fraction of sp³-hybridized carbons (Fsp3) is 0.667. The summed E-state index contributed by atoms with van der Waals surface area (Å²) in [7, 11) is 1.75. The molecule has 62 valence electrons. The van der Waals surface area contributed by atoms with Gasteiger partial charge in [0, 0.05) is 19.0 Å². The maximum Gasteiger partial charge on any atom is 0.0457 e. The van der Waals surface area contributed by atoms with Crippen LogP contribution in [0.3, 0.4) is 0 Å². The Balaban J connectivity index is 2.42. The molecule has 0 saturated heterocycles. The first-order valence-corrected chi connectivity index (χ1v) is 4.22. The molecule has 0 heterocycles. The fourth-order valence-electron chi connectivity index (χ4n) is 1.59. The Kier molecular flexibility index (Phi) is 3.14. The number of allylic oxidation sites excluding steroid dienone is 2. The van der Waals surface area contributed by atoms with Gasteiger partial charge in [0.1, 0.15) is 0 Å². The molecule has 0 spiro atoms. The first-order valence-electron chi connectivity index (χ1n) is 4.22. The molecule has 0 radical (unpaired) electrons. The Hall–Kier alpha value is -0.790. The van der Waals surface area contributed by atoms with Crippen LogP contribution < -0.4 is 5.73 Å². The molecule has 2 N–H and O–H groups in total. The molecule has 0 bridgehead atoms. The molecule has 0 amide bonds. The standard InChI is InChI=1S/C9H16N2/c1-11-7-9(10)6-8-4-2-3-5-8/h6-8H,2-5,10H2,1H3/b9-6+,11-7-. The van der Waals surface area contributed by atoms with Gasteiger partial charge >= 0.3 is 0 Å². The molecule has 0 unspecified atom stereocenters. The number of nitrogens with zero attached hydrogens (tertiary/aromatic N) is 1. The molecule has 0 aliphatic heterocycles. The summed E-state index contributed by atoms with van der Waals surface area (Å²) in [5.41, 5.74) is 6.49. The number of nitrogens with two attached hydrogens (primary N) is 1. The number of hydrogen-bond acceptors (Lipinski definition) is 2. The van der Waals surface area contributed by atoms with Crippen molar-refractivity contribution in [3.05, 3.63) is 11.8 Å². The van der Waals surface area contributed by atoms with Crippen molar-refractivity contribution < 1.29 is 0 Å². The van der Waals surface area contributed by atoms with Gasteiger partial charge in [0.25, 0.3) is 0 Å². The Morgan fingerprint density at radius 2 is 2.09 bits per heavy atom. The number of aliphatic imine (C=N–C) groups is 1. The summed E-state index contributed by atoms with van der Waals surface area (Å²) < 4.78 is 0. The topological polar surface area (TPSA) is 38.4 Å². The van der Waals surface area contributed by atoms with Gasteiger partial charge in [-0.25, -0.2) is 0 Å². The van der Waals surface area contributed by atoms with E-state index in [0.717, 1.165) is 5.70 Å². The molecule has 1 fully saturated rings. The molecular weight excluding hydrogens is 136 g/mol. The summed E-state index contributed by atoms with van der Waals surface area (Å²) in [6, 6.07) is 0. The van der Waals surface area contributed by atoms with E-state index in [1.54, 1.807) is 13.3 Å². The normalized spacial score (nSPS) is 21.7. The second kappa shape index (κ2) is 4.16. The van der Waals surface area contributed by atoms with E-state index >= 15 is 0 Å². The number of rotatable bonds is 2. The average molecular weight is 152 g/mol. The van der Waals surface area contributed by atoms with Gasteiger partial charge in [-0.15, -0.1) is 0 Å². The zero-order chi connectivity index (χ0) is 8.10. The van der Waals surface area contributed by atoms with Crippen LogP contribution in [0.5, 0.6) is 0 Å². The van der Waals surface area contributed by atoms with Crippen LogP contribution in [0.4, 0.5) is 0 Å². The first kappa shape index (κ1) is 8.31. The van der Waals surface area contributed by atoms with Crippen molar-refractivity contribution in [3.63, 3.8) is 0 Å². The molecule has 0 aromatic heterocycles.